The normalized spacial score (nSPS) is 15.5. The lowest BCUT2D eigenvalue weighted by atomic mass is 10.0. The number of hydrogen-bond donors (Lipinski definition) is 2. The van der Waals surface area contributed by atoms with Crippen LogP contribution < -0.4 is 24.2 Å². The fourth-order valence-corrected chi connectivity index (χ4v) is 6.25. The molecule has 0 aliphatic carbocycles. The van der Waals surface area contributed by atoms with Crippen LogP contribution in [-0.2, 0) is 31.0 Å². The van der Waals surface area contributed by atoms with Gasteiger partial charge in [-0.05, 0) is 53.6 Å². The molecule has 1 heterocycles. The van der Waals surface area contributed by atoms with E-state index in [2.05, 4.69) is 10.1 Å². The van der Waals surface area contributed by atoms with Crippen molar-refractivity contribution in [2.75, 3.05) is 23.1 Å². The summed E-state index contributed by atoms with van der Waals surface area (Å²) < 4.78 is 141. The molecule has 3 N–H and O–H groups in total. The predicted octanol–water partition coefficient (Wildman–Crippen LogP) is 3.86. The first-order valence-corrected chi connectivity index (χ1v) is 15.6. The summed E-state index contributed by atoms with van der Waals surface area (Å²) in [6, 6.07) is 9.58. The zero-order valence-corrected chi connectivity index (χ0v) is 23.9. The van der Waals surface area contributed by atoms with Crippen LogP contribution in [0, 0.1) is 5.82 Å². The Bertz CT molecular complexity index is 1770. The first-order chi connectivity index (χ1) is 20.4. The molecule has 238 valence electrons. The molecule has 44 heavy (non-hydrogen) atoms. The van der Waals surface area contributed by atoms with Crippen LogP contribution in [-0.4, -0.2) is 54.3 Å². The Morgan fingerprint density at radius 1 is 1.05 bits per heavy atom. The summed E-state index contributed by atoms with van der Waals surface area (Å²) in [5, 5.41) is 7.28. The number of nitrogens with zero attached hydrogens (tertiary/aromatic N) is 1. The quantitative estimate of drug-likeness (QED) is 0.313. The van der Waals surface area contributed by atoms with E-state index in [1.54, 1.807) is 0 Å². The summed E-state index contributed by atoms with van der Waals surface area (Å²) in [6.07, 6.45) is -6.46. The van der Waals surface area contributed by atoms with E-state index in [9.17, 15) is 48.0 Å². The number of nitrogens with one attached hydrogen (secondary N) is 1. The van der Waals surface area contributed by atoms with Crippen LogP contribution in [0.2, 0.25) is 0 Å². The SMILES string of the molecule is NS(=O)(=O)CCC(=O)NC[C@H]1CN(S(=O)(=O)c2cccc(C(F)(F)F)c2)c2cc(-c3cc(F)cc(OC(F)F)c3)ccc2O1. The van der Waals surface area contributed by atoms with Crippen molar-refractivity contribution in [3.63, 3.8) is 0 Å². The zero-order chi connectivity index (χ0) is 32.4. The van der Waals surface area contributed by atoms with Crippen LogP contribution in [0.15, 0.2) is 65.6 Å². The fourth-order valence-electron chi connectivity index (χ4n) is 4.24. The summed E-state index contributed by atoms with van der Waals surface area (Å²) in [5.41, 5.74) is -1.29. The van der Waals surface area contributed by atoms with Gasteiger partial charge >= 0.3 is 12.8 Å². The molecule has 0 bridgehead atoms. The summed E-state index contributed by atoms with van der Waals surface area (Å²) in [5.74, 6) is -2.96. The lowest BCUT2D eigenvalue weighted by molar-refractivity contribution is -0.137. The van der Waals surface area contributed by atoms with Crippen molar-refractivity contribution in [1.82, 2.24) is 5.32 Å². The number of fused-ring (bicyclic) bond motifs is 1. The molecule has 1 atom stereocenters. The van der Waals surface area contributed by atoms with Crippen LogP contribution in [0.3, 0.4) is 0 Å². The number of halogens is 6. The maximum Gasteiger partial charge on any atom is 0.416 e. The number of ether oxygens (including phenoxy) is 2. The number of sulfonamides is 2. The molecule has 0 saturated carbocycles. The molecule has 0 unspecified atom stereocenters. The van der Waals surface area contributed by atoms with Gasteiger partial charge in [0.1, 0.15) is 23.4 Å². The van der Waals surface area contributed by atoms with E-state index in [1.165, 1.54) is 18.2 Å². The molecule has 3 aromatic rings. The Hall–Kier alpha value is -4.03. The average molecular weight is 668 g/mol. The fraction of sp³-hybridized carbons (Fsp3) is 0.269. The number of carbonyl (C=O) groups excluding carboxylic acids is 1. The zero-order valence-electron chi connectivity index (χ0n) is 22.2. The summed E-state index contributed by atoms with van der Waals surface area (Å²) in [6.45, 7) is -4.13. The third-order valence-electron chi connectivity index (χ3n) is 6.21. The number of hydrogen-bond acceptors (Lipinski definition) is 7. The second-order valence-electron chi connectivity index (χ2n) is 9.46. The average Bonchev–Trinajstić information content (AvgIpc) is 2.92. The second-order valence-corrected chi connectivity index (χ2v) is 13.1. The van der Waals surface area contributed by atoms with Crippen LogP contribution in [0.25, 0.3) is 11.1 Å². The number of amides is 1. The van der Waals surface area contributed by atoms with Gasteiger partial charge in [0.05, 0.1) is 35.0 Å². The molecule has 10 nitrogen and oxygen atoms in total. The molecule has 1 aliphatic rings. The Balaban J connectivity index is 1.73. The van der Waals surface area contributed by atoms with Crippen molar-refractivity contribution in [2.24, 2.45) is 5.14 Å². The highest BCUT2D eigenvalue weighted by atomic mass is 32.2. The Labute approximate surface area is 247 Å². The number of alkyl halides is 5. The van der Waals surface area contributed by atoms with Crippen LogP contribution in [0.4, 0.5) is 32.0 Å². The number of rotatable bonds is 10. The van der Waals surface area contributed by atoms with Gasteiger partial charge < -0.3 is 14.8 Å². The molecule has 4 rings (SSSR count). The Kier molecular flexibility index (Phi) is 9.36. The number of primary sulfonamides is 1. The van der Waals surface area contributed by atoms with Gasteiger partial charge in [0.15, 0.2) is 0 Å². The Morgan fingerprint density at radius 3 is 2.43 bits per heavy atom. The number of benzene rings is 3. The van der Waals surface area contributed by atoms with Gasteiger partial charge in [-0.25, -0.2) is 26.4 Å². The molecule has 0 aromatic heterocycles. The molecular formula is C26H23F6N3O7S2. The van der Waals surface area contributed by atoms with E-state index in [4.69, 9.17) is 9.88 Å². The van der Waals surface area contributed by atoms with Crippen LogP contribution in [0.5, 0.6) is 11.5 Å². The van der Waals surface area contributed by atoms with Crippen molar-refractivity contribution >= 4 is 31.6 Å². The third kappa shape index (κ3) is 8.11. The minimum atomic E-state index is -4.86. The highest BCUT2D eigenvalue weighted by molar-refractivity contribution is 7.92. The number of anilines is 1. The van der Waals surface area contributed by atoms with Gasteiger partial charge in [-0.15, -0.1) is 0 Å². The van der Waals surface area contributed by atoms with Crippen molar-refractivity contribution in [1.29, 1.82) is 0 Å². The molecule has 0 saturated heterocycles. The maximum absolute atomic E-state index is 14.2. The highest BCUT2D eigenvalue weighted by Gasteiger charge is 2.37. The van der Waals surface area contributed by atoms with E-state index in [0.717, 1.165) is 28.6 Å². The monoisotopic (exact) mass is 667 g/mol. The van der Waals surface area contributed by atoms with E-state index < -0.39 is 85.6 Å². The van der Waals surface area contributed by atoms with E-state index in [1.807, 2.05) is 0 Å². The largest absolute Gasteiger partial charge is 0.484 e. The predicted molar refractivity (Wildman–Crippen MR) is 144 cm³/mol. The summed E-state index contributed by atoms with van der Waals surface area (Å²) in [7, 11) is -8.69. The Morgan fingerprint density at radius 2 is 1.77 bits per heavy atom. The molecule has 1 aliphatic heterocycles. The lowest BCUT2D eigenvalue weighted by Crippen LogP contribution is -2.48. The molecular weight excluding hydrogens is 644 g/mol. The van der Waals surface area contributed by atoms with Crippen molar-refractivity contribution in [3.05, 3.63) is 72.0 Å². The van der Waals surface area contributed by atoms with Gasteiger partial charge in [0.2, 0.25) is 15.9 Å². The topological polar surface area (TPSA) is 145 Å². The molecule has 3 aromatic carbocycles. The maximum atomic E-state index is 14.2. The smallest absolute Gasteiger partial charge is 0.416 e. The van der Waals surface area contributed by atoms with Crippen molar-refractivity contribution < 1.29 is 57.4 Å². The van der Waals surface area contributed by atoms with Gasteiger partial charge in [0.25, 0.3) is 10.0 Å². The van der Waals surface area contributed by atoms with Gasteiger partial charge in [0, 0.05) is 12.5 Å². The van der Waals surface area contributed by atoms with E-state index in [-0.39, 0.29) is 29.1 Å². The van der Waals surface area contributed by atoms with Crippen molar-refractivity contribution in [2.45, 2.75) is 30.2 Å². The van der Waals surface area contributed by atoms with Crippen LogP contribution in [0.1, 0.15) is 12.0 Å². The molecule has 0 radical (unpaired) electrons. The first kappa shape index (κ1) is 32.9. The minimum Gasteiger partial charge on any atom is -0.484 e. The summed E-state index contributed by atoms with van der Waals surface area (Å²) >= 11 is 0. The standard InChI is InChI=1S/C26H23F6N3O7S2/c27-18-8-16(9-19(12-18)42-25(28)29)15-4-5-23-22(10-15)35(14-20(41-23)13-34-24(36)6-7-43(33,37)38)44(39,40)21-3-1-2-17(11-21)26(30,31)32/h1-5,8-12,20,25H,6-7,13-14H2,(H,34,36)(H2,33,37,38)/t20-/m0/s1. The van der Waals surface area contributed by atoms with Gasteiger partial charge in [-0.2, -0.15) is 22.0 Å². The van der Waals surface area contributed by atoms with Gasteiger partial charge in [-0.1, -0.05) is 12.1 Å². The number of carbonyl (C=O) groups is 1. The molecule has 0 fully saturated rings. The van der Waals surface area contributed by atoms with E-state index in [0.29, 0.717) is 18.2 Å². The highest BCUT2D eigenvalue weighted by Crippen LogP contribution is 2.41. The minimum absolute atomic E-state index is 0.00381. The molecule has 0 spiro atoms. The number of nitrogens with two attached hydrogens (primary N) is 1. The molecule has 18 heteroatoms. The van der Waals surface area contributed by atoms with Crippen molar-refractivity contribution in [3.8, 4) is 22.6 Å². The third-order valence-corrected chi connectivity index (χ3v) is 8.76. The van der Waals surface area contributed by atoms with E-state index >= 15 is 0 Å². The molecule has 1 amide bonds. The second kappa shape index (κ2) is 12.5. The van der Waals surface area contributed by atoms with Crippen LogP contribution >= 0.6 is 0 Å². The first-order valence-electron chi connectivity index (χ1n) is 12.5. The summed E-state index contributed by atoms with van der Waals surface area (Å²) in [4.78, 5) is 11.4. The lowest BCUT2D eigenvalue weighted by Gasteiger charge is -2.36. The van der Waals surface area contributed by atoms with Gasteiger partial charge in [-0.3, -0.25) is 9.10 Å².